The number of esters is 1. The Morgan fingerprint density at radius 3 is 2.44 bits per heavy atom. The number of ether oxygens (including phenoxy) is 2. The Labute approximate surface area is 202 Å². The summed E-state index contributed by atoms with van der Waals surface area (Å²) in [6, 6.07) is 1.36. The van der Waals surface area contributed by atoms with Gasteiger partial charge in [-0.25, -0.2) is 4.79 Å². The highest BCUT2D eigenvalue weighted by Gasteiger charge is 2.60. The first-order valence-electron chi connectivity index (χ1n) is 10.1. The molecule has 1 heterocycles. The van der Waals surface area contributed by atoms with Crippen molar-refractivity contribution in [1.82, 2.24) is 10.2 Å². The number of alkyl halides is 3. The highest BCUT2D eigenvalue weighted by Crippen LogP contribution is 2.33. The molecule has 13 heteroatoms. The fraction of sp³-hybridized carbons (Fsp3) is 0.476. The van der Waals surface area contributed by atoms with Crippen LogP contribution in [0.1, 0.15) is 31.4 Å². The van der Waals surface area contributed by atoms with Crippen LogP contribution in [0.3, 0.4) is 0 Å². The van der Waals surface area contributed by atoms with Crippen molar-refractivity contribution >= 4 is 38.9 Å². The van der Waals surface area contributed by atoms with E-state index in [9.17, 15) is 32.1 Å². The van der Waals surface area contributed by atoms with Crippen molar-refractivity contribution in [2.24, 2.45) is 0 Å². The van der Waals surface area contributed by atoms with Crippen LogP contribution in [0, 0.1) is 0 Å². The van der Waals surface area contributed by atoms with Gasteiger partial charge in [0.05, 0.1) is 29.0 Å². The molecule has 1 aromatic rings. The van der Waals surface area contributed by atoms with E-state index in [0.29, 0.717) is 13.0 Å². The molecule has 8 nitrogen and oxygen atoms in total. The second-order valence-electron chi connectivity index (χ2n) is 7.54. The van der Waals surface area contributed by atoms with Crippen LogP contribution >= 0.6 is 10.7 Å². The number of benzene rings is 1. The van der Waals surface area contributed by atoms with Crippen molar-refractivity contribution in [3.8, 4) is 0 Å². The molecule has 1 saturated heterocycles. The summed E-state index contributed by atoms with van der Waals surface area (Å²) in [5.41, 5.74) is -0.375. The summed E-state index contributed by atoms with van der Waals surface area (Å²) >= 11 is 0. The van der Waals surface area contributed by atoms with Crippen LogP contribution in [0.25, 0.3) is 0 Å². The number of carbonyl (C=O) groups is 3. The second kappa shape index (κ2) is 11.9. The number of nitrogens with one attached hydrogen (secondary N) is 1. The van der Waals surface area contributed by atoms with Gasteiger partial charge in [0, 0.05) is 0 Å². The lowest BCUT2D eigenvalue weighted by Crippen LogP contribution is -2.75. The van der Waals surface area contributed by atoms with E-state index in [1.165, 1.54) is 6.92 Å². The molecule has 34 heavy (non-hydrogen) atoms. The third-order valence-corrected chi connectivity index (χ3v) is 6.26. The standard InChI is InChI=1S/C21H24ClF3N2O6S/c1-4-9-32-11-33-20(30)17(12(2)3)27-18(29)16(19(27)34(22)31)26-15(28)10-13-5-7-14(8-6-13)21(23,24)25/h5-8,16-17,19H,2,4,9-11H2,1,3H3,(H,26,28). The van der Waals surface area contributed by atoms with E-state index in [4.69, 9.17) is 20.2 Å². The van der Waals surface area contributed by atoms with Crippen LogP contribution in [0.15, 0.2) is 36.4 Å². The number of likely N-dealkylation sites (tertiary alicyclic amines) is 1. The molecule has 0 spiro atoms. The Balaban J connectivity index is 2.06. The van der Waals surface area contributed by atoms with Gasteiger partial charge in [-0.1, -0.05) is 25.6 Å². The van der Waals surface area contributed by atoms with E-state index in [2.05, 4.69) is 11.9 Å². The van der Waals surface area contributed by atoms with Crippen molar-refractivity contribution in [1.29, 1.82) is 0 Å². The second-order valence-corrected chi connectivity index (χ2v) is 9.43. The molecular formula is C21H24ClF3N2O6S. The van der Waals surface area contributed by atoms with Gasteiger partial charge < -0.3 is 19.3 Å². The molecule has 0 bridgehead atoms. The Bertz CT molecular complexity index is 913. The minimum atomic E-state index is -4.51. The molecule has 0 radical (unpaired) electrons. The van der Waals surface area contributed by atoms with Gasteiger partial charge in [-0.05, 0) is 36.6 Å². The van der Waals surface area contributed by atoms with Gasteiger partial charge in [-0.3, -0.25) is 14.5 Å². The van der Waals surface area contributed by atoms with Crippen molar-refractivity contribution in [3.05, 3.63) is 47.5 Å². The Morgan fingerprint density at radius 1 is 1.32 bits per heavy atom. The number of nitrogens with zero attached hydrogens (tertiary/aromatic N) is 1. The van der Waals surface area contributed by atoms with Gasteiger partial charge in [0.25, 0.3) is 5.91 Å². The van der Waals surface area contributed by atoms with Gasteiger partial charge in [0.1, 0.15) is 0 Å². The zero-order chi connectivity index (χ0) is 25.6. The van der Waals surface area contributed by atoms with E-state index in [1.54, 1.807) is 0 Å². The summed E-state index contributed by atoms with van der Waals surface area (Å²) in [6.07, 6.45) is -4.14. The van der Waals surface area contributed by atoms with Crippen molar-refractivity contribution in [3.63, 3.8) is 0 Å². The number of β-lactam (4-membered cyclic amide) rings is 1. The lowest BCUT2D eigenvalue weighted by molar-refractivity contribution is -0.170. The molecule has 2 amide bonds. The summed E-state index contributed by atoms with van der Waals surface area (Å²) < 4.78 is 60.3. The van der Waals surface area contributed by atoms with Crippen LogP contribution < -0.4 is 5.32 Å². The fourth-order valence-corrected chi connectivity index (χ4v) is 4.61. The smallest absolute Gasteiger partial charge is 0.416 e. The van der Waals surface area contributed by atoms with E-state index >= 15 is 0 Å². The Morgan fingerprint density at radius 2 is 1.94 bits per heavy atom. The predicted molar refractivity (Wildman–Crippen MR) is 118 cm³/mol. The van der Waals surface area contributed by atoms with Gasteiger partial charge in [-0.15, -0.1) is 0 Å². The number of carbonyl (C=O) groups excluding carboxylic acids is 3. The van der Waals surface area contributed by atoms with Crippen LogP contribution in [0.5, 0.6) is 0 Å². The Hall–Kier alpha value is -2.28. The largest absolute Gasteiger partial charge is 0.597 e. The maximum Gasteiger partial charge on any atom is 0.416 e. The number of halogens is 4. The van der Waals surface area contributed by atoms with E-state index in [0.717, 1.165) is 29.2 Å². The first-order valence-corrected chi connectivity index (χ1v) is 12.2. The fourth-order valence-electron chi connectivity index (χ4n) is 3.25. The lowest BCUT2D eigenvalue weighted by atomic mass is 9.99. The molecule has 4 unspecified atom stereocenters. The van der Waals surface area contributed by atoms with E-state index in [1.807, 2.05) is 6.92 Å². The van der Waals surface area contributed by atoms with Gasteiger partial charge >= 0.3 is 12.1 Å². The van der Waals surface area contributed by atoms with E-state index < -0.39 is 57.4 Å². The summed E-state index contributed by atoms with van der Waals surface area (Å²) in [4.78, 5) is 38.6. The monoisotopic (exact) mass is 524 g/mol. The van der Waals surface area contributed by atoms with Crippen LogP contribution in [-0.2, 0) is 46.8 Å². The van der Waals surface area contributed by atoms with Crippen molar-refractivity contribution < 1.29 is 41.6 Å². The molecule has 188 valence electrons. The maximum atomic E-state index is 12.8. The number of amides is 2. The summed E-state index contributed by atoms with van der Waals surface area (Å²) in [6.45, 7) is 7.02. The molecule has 1 aliphatic heterocycles. The molecule has 1 fully saturated rings. The van der Waals surface area contributed by atoms with Gasteiger partial charge in [0.15, 0.2) is 29.6 Å². The molecule has 0 aliphatic carbocycles. The predicted octanol–water partition coefficient (Wildman–Crippen LogP) is 2.68. The first-order chi connectivity index (χ1) is 15.9. The zero-order valence-corrected chi connectivity index (χ0v) is 20.0. The van der Waals surface area contributed by atoms with Crippen molar-refractivity contribution in [2.45, 2.75) is 50.3 Å². The van der Waals surface area contributed by atoms with Crippen LogP contribution in [-0.4, -0.2) is 58.1 Å². The number of rotatable bonds is 11. The van der Waals surface area contributed by atoms with Gasteiger partial charge in [-0.2, -0.15) is 13.2 Å². The topological polar surface area (TPSA) is 108 Å². The molecule has 1 N–H and O–H groups in total. The molecule has 4 atom stereocenters. The highest BCUT2D eigenvalue weighted by molar-refractivity contribution is 8.14. The highest BCUT2D eigenvalue weighted by atomic mass is 35.7. The zero-order valence-electron chi connectivity index (χ0n) is 18.4. The average molecular weight is 525 g/mol. The molecule has 2 rings (SSSR count). The normalized spacial score (nSPS) is 19.7. The number of hydrogen-bond donors (Lipinski definition) is 1. The minimum absolute atomic E-state index is 0.218. The van der Waals surface area contributed by atoms with E-state index in [-0.39, 0.29) is 24.4 Å². The minimum Gasteiger partial charge on any atom is -0.597 e. The third kappa shape index (κ3) is 6.87. The Kier molecular flexibility index (Phi) is 9.80. The summed E-state index contributed by atoms with van der Waals surface area (Å²) in [5.74, 6) is -2.30. The van der Waals surface area contributed by atoms with Gasteiger partial charge in [0.2, 0.25) is 11.3 Å². The lowest BCUT2D eigenvalue weighted by Gasteiger charge is -2.47. The van der Waals surface area contributed by atoms with Crippen LogP contribution in [0.4, 0.5) is 13.2 Å². The third-order valence-electron chi connectivity index (χ3n) is 4.83. The molecule has 1 aromatic carbocycles. The maximum absolute atomic E-state index is 12.8. The average Bonchev–Trinajstić information content (AvgIpc) is 2.74. The molecule has 0 saturated carbocycles. The van der Waals surface area contributed by atoms with Crippen LogP contribution in [0.2, 0.25) is 0 Å². The summed E-state index contributed by atoms with van der Waals surface area (Å²) in [5, 5.41) is 1.12. The molecule has 1 aliphatic rings. The first kappa shape index (κ1) is 28.0. The molecular weight excluding hydrogens is 501 g/mol. The molecule has 0 aromatic heterocycles. The summed E-state index contributed by atoms with van der Waals surface area (Å²) in [7, 11) is 3.57. The SMILES string of the molecule is C=C(C)C(C(=O)OCOCCC)N1C(=O)C(NC(=O)Cc2ccc(C(F)(F)F)cc2)C1[S+]([O-])Cl. The quantitative estimate of drug-likeness (QED) is 0.119. The number of hydrogen-bond acceptors (Lipinski definition) is 6. The van der Waals surface area contributed by atoms with Crippen molar-refractivity contribution in [2.75, 3.05) is 13.4 Å².